The van der Waals surface area contributed by atoms with Crippen molar-refractivity contribution >= 4 is 17.3 Å². The summed E-state index contributed by atoms with van der Waals surface area (Å²) in [6.45, 7) is 2.99. The summed E-state index contributed by atoms with van der Waals surface area (Å²) in [5.74, 6) is 1.60. The molecule has 19 heavy (non-hydrogen) atoms. The zero-order valence-corrected chi connectivity index (χ0v) is 11.5. The molecule has 0 aromatic heterocycles. The second-order valence-corrected chi connectivity index (χ2v) is 4.45. The average Bonchev–Trinajstić information content (AvgIpc) is 2.42. The summed E-state index contributed by atoms with van der Waals surface area (Å²) in [6, 6.07) is 12.8. The fourth-order valence-electron chi connectivity index (χ4n) is 1.67. The van der Waals surface area contributed by atoms with Crippen LogP contribution in [0.2, 0.25) is 5.02 Å². The Hall–Kier alpha value is -1.87. The Balaban J connectivity index is 2.00. The molecule has 0 aliphatic rings. The summed E-state index contributed by atoms with van der Waals surface area (Å²) >= 11 is 6.07. The van der Waals surface area contributed by atoms with E-state index in [-0.39, 0.29) is 0 Å². The number of hydrogen-bond donors (Lipinski definition) is 1. The summed E-state index contributed by atoms with van der Waals surface area (Å²) in [4.78, 5) is 0. The fraction of sp³-hybridized carbons (Fsp3) is 0.200. The zero-order valence-electron chi connectivity index (χ0n) is 10.7. The first-order valence-corrected chi connectivity index (χ1v) is 6.46. The van der Waals surface area contributed by atoms with E-state index in [1.807, 2.05) is 37.3 Å². The Labute approximate surface area is 117 Å². The lowest BCUT2D eigenvalue weighted by Gasteiger charge is -2.09. The second-order valence-electron chi connectivity index (χ2n) is 4.04. The number of ether oxygens (including phenoxy) is 2. The lowest BCUT2D eigenvalue weighted by atomic mass is 10.2. The molecule has 3 nitrogen and oxygen atoms in total. The van der Waals surface area contributed by atoms with Gasteiger partial charge in [-0.05, 0) is 49.4 Å². The highest BCUT2D eigenvalue weighted by Gasteiger charge is 2.02. The first kappa shape index (κ1) is 13.6. The van der Waals surface area contributed by atoms with E-state index in [4.69, 9.17) is 26.8 Å². The van der Waals surface area contributed by atoms with E-state index in [1.165, 1.54) is 0 Å². The predicted octanol–water partition coefficient (Wildman–Crippen LogP) is 3.90. The van der Waals surface area contributed by atoms with Crippen LogP contribution in [0, 0.1) is 0 Å². The quantitative estimate of drug-likeness (QED) is 0.843. The molecule has 0 radical (unpaired) electrons. The van der Waals surface area contributed by atoms with Crippen molar-refractivity contribution in [3.05, 3.63) is 53.1 Å². The summed E-state index contributed by atoms with van der Waals surface area (Å²) in [5, 5.41) is 0.653. The van der Waals surface area contributed by atoms with E-state index < -0.39 is 0 Å². The van der Waals surface area contributed by atoms with Gasteiger partial charge in [0.1, 0.15) is 18.1 Å². The van der Waals surface area contributed by atoms with E-state index in [1.54, 1.807) is 12.1 Å². The van der Waals surface area contributed by atoms with Gasteiger partial charge in [-0.3, -0.25) is 0 Å². The molecule has 0 amide bonds. The molecule has 0 unspecified atom stereocenters. The van der Waals surface area contributed by atoms with Crippen LogP contribution in [0.25, 0.3) is 0 Å². The van der Waals surface area contributed by atoms with Gasteiger partial charge in [-0.2, -0.15) is 0 Å². The number of nitrogen functional groups attached to an aromatic ring is 1. The van der Waals surface area contributed by atoms with E-state index >= 15 is 0 Å². The van der Waals surface area contributed by atoms with Gasteiger partial charge in [0.05, 0.1) is 6.61 Å². The number of nitrogens with two attached hydrogens (primary N) is 1. The third-order valence-corrected chi connectivity index (χ3v) is 2.97. The van der Waals surface area contributed by atoms with Gasteiger partial charge in [0, 0.05) is 16.3 Å². The molecule has 2 N–H and O–H groups in total. The van der Waals surface area contributed by atoms with Crippen LogP contribution in [0.1, 0.15) is 12.5 Å². The molecule has 4 heteroatoms. The van der Waals surface area contributed by atoms with Crippen LogP contribution >= 0.6 is 11.6 Å². The number of anilines is 1. The van der Waals surface area contributed by atoms with Gasteiger partial charge >= 0.3 is 0 Å². The van der Waals surface area contributed by atoms with Crippen LogP contribution in [0.4, 0.5) is 5.69 Å². The number of halogens is 1. The van der Waals surface area contributed by atoms with E-state index in [9.17, 15) is 0 Å². The highest BCUT2D eigenvalue weighted by Crippen LogP contribution is 2.22. The van der Waals surface area contributed by atoms with Crippen LogP contribution in [0.3, 0.4) is 0 Å². The van der Waals surface area contributed by atoms with Gasteiger partial charge in [0.15, 0.2) is 0 Å². The normalized spacial score (nSPS) is 10.2. The van der Waals surface area contributed by atoms with Gasteiger partial charge in [-0.25, -0.2) is 0 Å². The molecule has 2 rings (SSSR count). The first-order chi connectivity index (χ1) is 9.19. The lowest BCUT2D eigenvalue weighted by Crippen LogP contribution is -1.98. The number of benzene rings is 2. The maximum absolute atomic E-state index is 6.07. The molecule has 2 aromatic rings. The fourth-order valence-corrected chi connectivity index (χ4v) is 1.84. The summed E-state index contributed by atoms with van der Waals surface area (Å²) in [5.41, 5.74) is 7.27. The molecular weight excluding hydrogens is 262 g/mol. The van der Waals surface area contributed by atoms with Crippen molar-refractivity contribution in [1.29, 1.82) is 0 Å². The van der Waals surface area contributed by atoms with Crippen LogP contribution < -0.4 is 15.2 Å². The minimum atomic E-state index is 0.387. The topological polar surface area (TPSA) is 44.5 Å². The highest BCUT2D eigenvalue weighted by molar-refractivity contribution is 6.31. The van der Waals surface area contributed by atoms with Gasteiger partial charge in [-0.1, -0.05) is 11.6 Å². The second kappa shape index (κ2) is 6.34. The molecule has 2 aromatic carbocycles. The Morgan fingerprint density at radius 2 is 1.63 bits per heavy atom. The van der Waals surface area contributed by atoms with Crippen molar-refractivity contribution in [2.24, 2.45) is 0 Å². The first-order valence-electron chi connectivity index (χ1n) is 6.08. The molecular formula is C15H16ClNO2. The maximum atomic E-state index is 6.07. The molecule has 0 saturated heterocycles. The van der Waals surface area contributed by atoms with E-state index in [0.717, 1.165) is 17.1 Å². The SMILES string of the molecule is CCOc1ccc(OCc2cc(N)ccc2Cl)cc1. The summed E-state index contributed by atoms with van der Waals surface area (Å²) in [6.07, 6.45) is 0. The third-order valence-electron chi connectivity index (χ3n) is 2.60. The van der Waals surface area contributed by atoms with Crippen molar-refractivity contribution < 1.29 is 9.47 Å². The highest BCUT2D eigenvalue weighted by atomic mass is 35.5. The number of hydrogen-bond acceptors (Lipinski definition) is 3. The Bertz CT molecular complexity index is 540. The summed E-state index contributed by atoms with van der Waals surface area (Å²) < 4.78 is 11.0. The summed E-state index contributed by atoms with van der Waals surface area (Å²) in [7, 11) is 0. The van der Waals surface area contributed by atoms with E-state index in [2.05, 4.69) is 0 Å². The van der Waals surface area contributed by atoms with Crippen molar-refractivity contribution in [3.63, 3.8) is 0 Å². The minimum absolute atomic E-state index is 0.387. The predicted molar refractivity (Wildman–Crippen MR) is 77.8 cm³/mol. The van der Waals surface area contributed by atoms with Crippen molar-refractivity contribution in [3.8, 4) is 11.5 Å². The van der Waals surface area contributed by atoms with Gasteiger partial charge in [-0.15, -0.1) is 0 Å². The molecule has 0 fully saturated rings. The Morgan fingerprint density at radius 1 is 1.00 bits per heavy atom. The maximum Gasteiger partial charge on any atom is 0.120 e. The van der Waals surface area contributed by atoms with Gasteiger partial charge in [0.25, 0.3) is 0 Å². The standard InChI is InChI=1S/C15H16ClNO2/c1-2-18-13-4-6-14(7-5-13)19-10-11-9-12(17)3-8-15(11)16/h3-9H,2,10,17H2,1H3. The smallest absolute Gasteiger partial charge is 0.120 e. The zero-order chi connectivity index (χ0) is 13.7. The molecule has 0 heterocycles. The molecule has 0 aliphatic carbocycles. The molecule has 0 atom stereocenters. The lowest BCUT2D eigenvalue weighted by molar-refractivity contribution is 0.304. The van der Waals surface area contributed by atoms with Crippen LogP contribution in [-0.4, -0.2) is 6.61 Å². The van der Waals surface area contributed by atoms with Crippen molar-refractivity contribution in [2.45, 2.75) is 13.5 Å². The third kappa shape index (κ3) is 3.80. The van der Waals surface area contributed by atoms with E-state index in [0.29, 0.717) is 23.9 Å². The van der Waals surface area contributed by atoms with Crippen molar-refractivity contribution in [1.82, 2.24) is 0 Å². The molecule has 0 bridgehead atoms. The molecule has 0 spiro atoms. The monoisotopic (exact) mass is 277 g/mol. The minimum Gasteiger partial charge on any atom is -0.494 e. The number of rotatable bonds is 5. The Morgan fingerprint density at radius 3 is 2.26 bits per heavy atom. The largest absolute Gasteiger partial charge is 0.494 e. The van der Waals surface area contributed by atoms with Gasteiger partial charge in [0.2, 0.25) is 0 Å². The molecule has 0 saturated carbocycles. The Kier molecular flexibility index (Phi) is 4.53. The average molecular weight is 278 g/mol. The van der Waals surface area contributed by atoms with Crippen molar-refractivity contribution in [2.75, 3.05) is 12.3 Å². The van der Waals surface area contributed by atoms with Crippen LogP contribution in [0.5, 0.6) is 11.5 Å². The molecule has 0 aliphatic heterocycles. The van der Waals surface area contributed by atoms with Gasteiger partial charge < -0.3 is 15.2 Å². The van der Waals surface area contributed by atoms with Crippen LogP contribution in [-0.2, 0) is 6.61 Å². The van der Waals surface area contributed by atoms with Crippen LogP contribution in [0.15, 0.2) is 42.5 Å². The molecule has 100 valence electrons.